The standard InChI is InChI=1S/C12H20N2O2/c1-13-6-7-14-9-10-4-5-11(15-2)12(8-10)16-3/h4-5,8,13-14H,6-7,9H2,1-3H3. The van der Waals surface area contributed by atoms with E-state index < -0.39 is 0 Å². The largest absolute Gasteiger partial charge is 0.493 e. The van der Waals surface area contributed by atoms with Gasteiger partial charge >= 0.3 is 0 Å². The fourth-order valence-electron chi connectivity index (χ4n) is 1.44. The molecule has 0 bridgehead atoms. The third kappa shape index (κ3) is 3.72. The maximum Gasteiger partial charge on any atom is 0.161 e. The molecule has 0 spiro atoms. The van der Waals surface area contributed by atoms with Gasteiger partial charge in [-0.2, -0.15) is 0 Å². The summed E-state index contributed by atoms with van der Waals surface area (Å²) in [5, 5.41) is 6.42. The van der Waals surface area contributed by atoms with Gasteiger partial charge in [0.2, 0.25) is 0 Å². The average Bonchev–Trinajstić information content (AvgIpc) is 2.34. The van der Waals surface area contributed by atoms with Crippen LogP contribution in [-0.2, 0) is 6.54 Å². The third-order valence-corrected chi connectivity index (χ3v) is 2.33. The Morgan fingerprint density at radius 1 is 1.06 bits per heavy atom. The molecule has 4 heteroatoms. The number of methoxy groups -OCH3 is 2. The zero-order chi connectivity index (χ0) is 11.8. The van der Waals surface area contributed by atoms with Gasteiger partial charge in [0.15, 0.2) is 11.5 Å². The first-order valence-electron chi connectivity index (χ1n) is 5.38. The first-order chi connectivity index (χ1) is 7.81. The predicted molar refractivity (Wildman–Crippen MR) is 65.2 cm³/mol. The van der Waals surface area contributed by atoms with E-state index in [9.17, 15) is 0 Å². The SMILES string of the molecule is CNCCNCc1ccc(OC)c(OC)c1. The van der Waals surface area contributed by atoms with Gasteiger partial charge in [-0.25, -0.2) is 0 Å². The van der Waals surface area contributed by atoms with Crippen LogP contribution in [0.1, 0.15) is 5.56 Å². The van der Waals surface area contributed by atoms with Crippen molar-refractivity contribution in [3.8, 4) is 11.5 Å². The van der Waals surface area contributed by atoms with Crippen molar-refractivity contribution in [2.75, 3.05) is 34.4 Å². The summed E-state index contributed by atoms with van der Waals surface area (Å²) < 4.78 is 10.4. The molecule has 0 aromatic heterocycles. The maximum atomic E-state index is 5.24. The summed E-state index contributed by atoms with van der Waals surface area (Å²) in [7, 11) is 5.23. The molecule has 0 saturated carbocycles. The van der Waals surface area contributed by atoms with Crippen molar-refractivity contribution in [1.29, 1.82) is 0 Å². The molecule has 0 amide bonds. The van der Waals surface area contributed by atoms with E-state index >= 15 is 0 Å². The van der Waals surface area contributed by atoms with Gasteiger partial charge in [-0.15, -0.1) is 0 Å². The minimum Gasteiger partial charge on any atom is -0.493 e. The van der Waals surface area contributed by atoms with Crippen LogP contribution in [0.25, 0.3) is 0 Å². The van der Waals surface area contributed by atoms with Gasteiger partial charge in [0.05, 0.1) is 14.2 Å². The molecule has 1 aromatic rings. The number of rotatable bonds is 7. The molecule has 90 valence electrons. The Bertz CT molecular complexity index is 316. The summed E-state index contributed by atoms with van der Waals surface area (Å²) in [6.07, 6.45) is 0. The molecular formula is C12H20N2O2. The summed E-state index contributed by atoms with van der Waals surface area (Å²) in [6, 6.07) is 5.95. The van der Waals surface area contributed by atoms with Crippen LogP contribution >= 0.6 is 0 Å². The molecule has 0 aliphatic heterocycles. The molecule has 1 rings (SSSR count). The first kappa shape index (κ1) is 12.8. The van der Waals surface area contributed by atoms with Gasteiger partial charge in [0.25, 0.3) is 0 Å². The highest BCUT2D eigenvalue weighted by molar-refractivity contribution is 5.42. The fraction of sp³-hybridized carbons (Fsp3) is 0.500. The van der Waals surface area contributed by atoms with Crippen LogP contribution in [0.4, 0.5) is 0 Å². The van der Waals surface area contributed by atoms with Gasteiger partial charge in [0, 0.05) is 19.6 Å². The second-order valence-corrected chi connectivity index (χ2v) is 3.47. The van der Waals surface area contributed by atoms with Gasteiger partial charge < -0.3 is 20.1 Å². The van der Waals surface area contributed by atoms with Crippen molar-refractivity contribution in [1.82, 2.24) is 10.6 Å². The van der Waals surface area contributed by atoms with Crippen LogP contribution in [0, 0.1) is 0 Å². The van der Waals surface area contributed by atoms with Gasteiger partial charge in [-0.3, -0.25) is 0 Å². The number of likely N-dealkylation sites (N-methyl/N-ethyl adjacent to an activating group) is 1. The summed E-state index contributed by atoms with van der Waals surface area (Å²) in [6.45, 7) is 2.75. The van der Waals surface area contributed by atoms with Crippen LogP contribution in [0.15, 0.2) is 18.2 Å². The van der Waals surface area contributed by atoms with Gasteiger partial charge in [0.1, 0.15) is 0 Å². The molecule has 4 nitrogen and oxygen atoms in total. The van der Waals surface area contributed by atoms with E-state index in [0.29, 0.717) is 0 Å². The molecule has 2 N–H and O–H groups in total. The van der Waals surface area contributed by atoms with Crippen LogP contribution < -0.4 is 20.1 Å². The van der Waals surface area contributed by atoms with E-state index in [0.717, 1.165) is 31.1 Å². The van der Waals surface area contributed by atoms with E-state index in [4.69, 9.17) is 9.47 Å². The lowest BCUT2D eigenvalue weighted by molar-refractivity contribution is 0.354. The van der Waals surface area contributed by atoms with Crippen LogP contribution in [0.5, 0.6) is 11.5 Å². The second-order valence-electron chi connectivity index (χ2n) is 3.47. The number of nitrogens with one attached hydrogen (secondary N) is 2. The zero-order valence-electron chi connectivity index (χ0n) is 10.2. The first-order valence-corrected chi connectivity index (χ1v) is 5.38. The molecule has 0 aliphatic rings. The van der Waals surface area contributed by atoms with E-state index in [1.54, 1.807) is 14.2 Å². The minimum absolute atomic E-state index is 0.765. The third-order valence-electron chi connectivity index (χ3n) is 2.33. The molecule has 0 aliphatic carbocycles. The quantitative estimate of drug-likeness (QED) is 0.678. The normalized spacial score (nSPS) is 10.2. The van der Waals surface area contributed by atoms with Gasteiger partial charge in [-0.1, -0.05) is 6.07 Å². The smallest absolute Gasteiger partial charge is 0.161 e. The lowest BCUT2D eigenvalue weighted by Crippen LogP contribution is -2.24. The van der Waals surface area contributed by atoms with Crippen LogP contribution in [-0.4, -0.2) is 34.4 Å². The number of hydrogen-bond acceptors (Lipinski definition) is 4. The maximum absolute atomic E-state index is 5.24. The van der Waals surface area contributed by atoms with Crippen LogP contribution in [0.3, 0.4) is 0 Å². The number of hydrogen-bond donors (Lipinski definition) is 2. The highest BCUT2D eigenvalue weighted by Gasteiger charge is 2.03. The van der Waals surface area contributed by atoms with Crippen LogP contribution in [0.2, 0.25) is 0 Å². The Morgan fingerprint density at radius 3 is 2.44 bits per heavy atom. The fourth-order valence-corrected chi connectivity index (χ4v) is 1.44. The molecule has 0 atom stereocenters. The summed E-state index contributed by atoms with van der Waals surface area (Å²) in [5.41, 5.74) is 1.19. The monoisotopic (exact) mass is 224 g/mol. The second kappa shape index (κ2) is 7.09. The summed E-state index contributed by atoms with van der Waals surface area (Å²) in [5.74, 6) is 1.54. The Balaban J connectivity index is 2.54. The van der Waals surface area contributed by atoms with E-state index in [-0.39, 0.29) is 0 Å². The predicted octanol–water partition coefficient (Wildman–Crippen LogP) is 1.01. The topological polar surface area (TPSA) is 42.5 Å². The Kier molecular flexibility index (Phi) is 5.67. The summed E-state index contributed by atoms with van der Waals surface area (Å²) in [4.78, 5) is 0. The van der Waals surface area contributed by atoms with E-state index in [1.165, 1.54) is 5.56 Å². The van der Waals surface area contributed by atoms with E-state index in [1.807, 2.05) is 25.2 Å². The van der Waals surface area contributed by atoms with Gasteiger partial charge in [-0.05, 0) is 24.7 Å². The molecule has 0 unspecified atom stereocenters. The molecule has 1 aromatic carbocycles. The molecule has 0 saturated heterocycles. The number of ether oxygens (including phenoxy) is 2. The molecular weight excluding hydrogens is 204 g/mol. The van der Waals surface area contributed by atoms with Crippen molar-refractivity contribution in [2.45, 2.75) is 6.54 Å². The minimum atomic E-state index is 0.765. The van der Waals surface area contributed by atoms with E-state index in [2.05, 4.69) is 10.6 Å². The average molecular weight is 224 g/mol. The molecule has 0 heterocycles. The van der Waals surface area contributed by atoms with Crippen molar-refractivity contribution < 1.29 is 9.47 Å². The lowest BCUT2D eigenvalue weighted by atomic mass is 10.2. The van der Waals surface area contributed by atoms with Crippen molar-refractivity contribution in [2.24, 2.45) is 0 Å². The van der Waals surface area contributed by atoms with Crippen molar-refractivity contribution >= 4 is 0 Å². The van der Waals surface area contributed by atoms with Crippen molar-refractivity contribution in [3.05, 3.63) is 23.8 Å². The molecule has 0 fully saturated rings. The Hall–Kier alpha value is -1.26. The zero-order valence-corrected chi connectivity index (χ0v) is 10.2. The molecule has 16 heavy (non-hydrogen) atoms. The lowest BCUT2D eigenvalue weighted by Gasteiger charge is -2.10. The van der Waals surface area contributed by atoms with Crippen molar-refractivity contribution in [3.63, 3.8) is 0 Å². The highest BCUT2D eigenvalue weighted by Crippen LogP contribution is 2.27. The molecule has 0 radical (unpaired) electrons. The Labute approximate surface area is 96.9 Å². The number of benzene rings is 1. The summed E-state index contributed by atoms with van der Waals surface area (Å²) >= 11 is 0. The Morgan fingerprint density at radius 2 is 1.81 bits per heavy atom. The highest BCUT2D eigenvalue weighted by atomic mass is 16.5.